The van der Waals surface area contributed by atoms with E-state index >= 15 is 4.39 Å². The first-order chi connectivity index (χ1) is 15.7. The third kappa shape index (κ3) is 3.66. The lowest BCUT2D eigenvalue weighted by molar-refractivity contribution is -0.0267. The van der Waals surface area contributed by atoms with E-state index in [1.54, 1.807) is 17.0 Å². The van der Waals surface area contributed by atoms with Crippen LogP contribution in [-0.4, -0.2) is 53.8 Å². The van der Waals surface area contributed by atoms with E-state index in [1.807, 2.05) is 0 Å². The molecule has 0 saturated carbocycles. The van der Waals surface area contributed by atoms with Crippen molar-refractivity contribution in [2.45, 2.75) is 45.2 Å². The summed E-state index contributed by atoms with van der Waals surface area (Å²) in [6, 6.07) is 7.14. The lowest BCUT2D eigenvalue weighted by Crippen LogP contribution is -2.60. The second-order valence-corrected chi connectivity index (χ2v) is 10.3. The van der Waals surface area contributed by atoms with Gasteiger partial charge in [-0.1, -0.05) is 19.9 Å². The van der Waals surface area contributed by atoms with Crippen molar-refractivity contribution in [2.24, 2.45) is 11.3 Å². The third-order valence-electron chi connectivity index (χ3n) is 7.85. The Balaban J connectivity index is 1.56. The van der Waals surface area contributed by atoms with Gasteiger partial charge in [0.25, 0.3) is 0 Å². The van der Waals surface area contributed by atoms with Crippen molar-refractivity contribution in [3.63, 3.8) is 0 Å². The first-order valence-electron chi connectivity index (χ1n) is 11.6. The Kier molecular flexibility index (Phi) is 5.35. The van der Waals surface area contributed by atoms with E-state index in [9.17, 15) is 14.3 Å². The average Bonchev–Trinajstić information content (AvgIpc) is 3.03. The Labute approximate surface area is 193 Å². The fraction of sp³-hybridized carbons (Fsp3) is 0.500. The molecule has 2 aromatic carbocycles. The van der Waals surface area contributed by atoms with Crippen molar-refractivity contribution in [3.8, 4) is 16.9 Å². The lowest BCUT2D eigenvalue weighted by Gasteiger charge is -2.51. The number of carboxylic acid groups (broad SMARTS) is 1. The van der Waals surface area contributed by atoms with Gasteiger partial charge in [0.1, 0.15) is 5.82 Å². The number of methoxy groups -OCH3 is 1. The highest BCUT2D eigenvalue weighted by Crippen LogP contribution is 2.52. The van der Waals surface area contributed by atoms with Crippen molar-refractivity contribution in [1.29, 1.82) is 0 Å². The number of hydrogen-bond acceptors (Lipinski definition) is 3. The zero-order chi connectivity index (χ0) is 23.5. The van der Waals surface area contributed by atoms with Gasteiger partial charge in [0.05, 0.1) is 19.2 Å². The Hall–Kier alpha value is -2.67. The average molecular weight is 457 g/mol. The van der Waals surface area contributed by atoms with Crippen molar-refractivity contribution >= 4 is 6.09 Å². The van der Waals surface area contributed by atoms with Crippen LogP contribution >= 0.6 is 0 Å². The Bertz CT molecular complexity index is 1100. The van der Waals surface area contributed by atoms with Crippen LogP contribution in [0.25, 0.3) is 11.1 Å². The summed E-state index contributed by atoms with van der Waals surface area (Å²) in [7, 11) is 1.39. The summed E-state index contributed by atoms with van der Waals surface area (Å²) in [6.07, 6.45) is 1.70. The molecule has 5 nitrogen and oxygen atoms in total. The third-order valence-corrected chi connectivity index (χ3v) is 7.85. The zero-order valence-electron chi connectivity index (χ0n) is 19.3. The van der Waals surface area contributed by atoms with Gasteiger partial charge in [0.2, 0.25) is 0 Å². The second kappa shape index (κ2) is 7.97. The minimum absolute atomic E-state index is 0.0846. The summed E-state index contributed by atoms with van der Waals surface area (Å²) in [5.41, 5.74) is 2.02. The first-order valence-corrected chi connectivity index (χ1v) is 11.6. The molecule has 0 aromatic heterocycles. The van der Waals surface area contributed by atoms with Gasteiger partial charge in [0.15, 0.2) is 11.6 Å². The highest BCUT2D eigenvalue weighted by Gasteiger charge is 2.50. The normalized spacial score (nSPS) is 27.3. The summed E-state index contributed by atoms with van der Waals surface area (Å²) in [5, 5.41) is 10.3. The van der Waals surface area contributed by atoms with E-state index in [-0.39, 0.29) is 17.2 Å². The van der Waals surface area contributed by atoms with E-state index in [0.29, 0.717) is 23.5 Å². The zero-order valence-corrected chi connectivity index (χ0v) is 19.3. The van der Waals surface area contributed by atoms with Crippen LogP contribution in [-0.2, 0) is 6.42 Å². The molecule has 0 spiro atoms. The molecule has 4 aliphatic rings. The summed E-state index contributed by atoms with van der Waals surface area (Å²) in [4.78, 5) is 16.5. The maximum Gasteiger partial charge on any atom is 0.408 e. The van der Waals surface area contributed by atoms with Crippen LogP contribution in [0.3, 0.4) is 0 Å². The number of benzene rings is 2. The number of fused-ring (bicyclic) bond motifs is 4. The van der Waals surface area contributed by atoms with Gasteiger partial charge in [0, 0.05) is 12.1 Å². The maximum absolute atomic E-state index is 15.4. The van der Waals surface area contributed by atoms with Gasteiger partial charge < -0.3 is 14.7 Å². The predicted octanol–water partition coefficient (Wildman–Crippen LogP) is 5.34. The Morgan fingerprint density at radius 1 is 1.15 bits per heavy atom. The molecule has 7 heteroatoms. The summed E-state index contributed by atoms with van der Waals surface area (Å²) in [5.74, 6) is -0.568. The molecule has 0 unspecified atom stereocenters. The molecule has 6 rings (SSSR count). The predicted molar refractivity (Wildman–Crippen MR) is 121 cm³/mol. The van der Waals surface area contributed by atoms with E-state index in [0.717, 1.165) is 43.6 Å². The van der Waals surface area contributed by atoms with Crippen LogP contribution in [0.5, 0.6) is 5.75 Å². The standard InChI is InChI=1S/C26H30F2N2O3/c1-26(2)13-17-10-18(16-4-5-23(33-3)21(28)11-16)20(27)12-19(17)24(26)30(25(31)32)22-14-29-8-6-15(22)7-9-29/h4-5,10-12,15,22,24H,6-9,13-14H2,1-3H3,(H,31,32)/t22-,24+/m1/s1. The molecule has 33 heavy (non-hydrogen) atoms. The summed E-state index contributed by atoms with van der Waals surface area (Å²) in [6.45, 7) is 6.90. The number of piperidine rings is 3. The molecular formula is C26H30F2N2O3. The minimum atomic E-state index is -0.943. The number of hydrogen-bond donors (Lipinski definition) is 1. The summed E-state index contributed by atoms with van der Waals surface area (Å²) >= 11 is 0. The van der Waals surface area contributed by atoms with Crippen molar-refractivity contribution < 1.29 is 23.4 Å². The van der Waals surface area contributed by atoms with Crippen LogP contribution in [0.4, 0.5) is 13.6 Å². The molecule has 3 aliphatic heterocycles. The van der Waals surface area contributed by atoms with Gasteiger partial charge in [-0.15, -0.1) is 0 Å². The molecule has 3 saturated heterocycles. The van der Waals surface area contributed by atoms with Gasteiger partial charge in [-0.25, -0.2) is 13.6 Å². The molecular weight excluding hydrogens is 426 g/mol. The van der Waals surface area contributed by atoms with E-state index < -0.39 is 23.8 Å². The molecule has 0 radical (unpaired) electrons. The molecule has 1 amide bonds. The number of rotatable bonds is 4. The number of carbonyl (C=O) groups is 1. The molecule has 3 fully saturated rings. The Morgan fingerprint density at radius 3 is 2.45 bits per heavy atom. The summed E-state index contributed by atoms with van der Waals surface area (Å²) < 4.78 is 34.7. The van der Waals surface area contributed by atoms with Gasteiger partial charge in [-0.05, 0) is 84.6 Å². The number of nitrogens with zero attached hydrogens (tertiary/aromatic N) is 2. The largest absolute Gasteiger partial charge is 0.494 e. The van der Waals surface area contributed by atoms with Crippen LogP contribution in [0.2, 0.25) is 0 Å². The quantitative estimate of drug-likeness (QED) is 0.675. The SMILES string of the molecule is COc1ccc(-c2cc3c(cc2F)[C@H](N(C(=O)O)[C@@H]2CN4CCC2CC4)C(C)(C)C3)cc1F. The number of ether oxygens (including phenoxy) is 1. The number of halogens is 2. The van der Waals surface area contributed by atoms with Gasteiger partial charge >= 0.3 is 6.09 Å². The molecule has 2 aromatic rings. The maximum atomic E-state index is 15.4. The van der Waals surface area contributed by atoms with E-state index in [2.05, 4.69) is 18.7 Å². The van der Waals surface area contributed by atoms with Crippen molar-refractivity contribution in [3.05, 3.63) is 53.1 Å². The fourth-order valence-corrected chi connectivity index (χ4v) is 6.32. The smallest absolute Gasteiger partial charge is 0.408 e. The monoisotopic (exact) mass is 456 g/mol. The second-order valence-electron chi connectivity index (χ2n) is 10.3. The van der Waals surface area contributed by atoms with Crippen molar-refractivity contribution in [1.82, 2.24) is 9.80 Å². The number of amides is 1. The molecule has 1 N–H and O–H groups in total. The molecule has 176 valence electrons. The van der Waals surface area contributed by atoms with Crippen LogP contribution in [0, 0.1) is 23.0 Å². The minimum Gasteiger partial charge on any atom is -0.494 e. The molecule has 1 aliphatic carbocycles. The lowest BCUT2D eigenvalue weighted by atomic mass is 9.79. The highest BCUT2D eigenvalue weighted by atomic mass is 19.1. The van der Waals surface area contributed by atoms with Gasteiger partial charge in [-0.2, -0.15) is 0 Å². The van der Waals surface area contributed by atoms with Gasteiger partial charge in [-0.3, -0.25) is 4.90 Å². The van der Waals surface area contributed by atoms with Crippen molar-refractivity contribution in [2.75, 3.05) is 26.7 Å². The fourth-order valence-electron chi connectivity index (χ4n) is 6.32. The molecule has 2 atom stereocenters. The van der Waals surface area contributed by atoms with E-state index in [4.69, 9.17) is 4.74 Å². The van der Waals surface area contributed by atoms with Crippen LogP contribution in [0.15, 0.2) is 30.3 Å². The van der Waals surface area contributed by atoms with E-state index in [1.165, 1.54) is 25.3 Å². The first kappa shape index (κ1) is 22.1. The molecule has 2 bridgehead atoms. The van der Waals surface area contributed by atoms with Crippen LogP contribution in [0.1, 0.15) is 43.9 Å². The Morgan fingerprint density at radius 2 is 1.88 bits per heavy atom. The topological polar surface area (TPSA) is 53.0 Å². The highest BCUT2D eigenvalue weighted by molar-refractivity contribution is 5.70. The molecule has 3 heterocycles. The van der Waals surface area contributed by atoms with Crippen LogP contribution < -0.4 is 4.74 Å².